The third-order valence-electron chi connectivity index (χ3n) is 5.04. The number of rotatable bonds is 10. The maximum atomic E-state index is 10.3. The molecule has 0 atom stereocenters. The molecule has 0 saturated carbocycles. The van der Waals surface area contributed by atoms with Crippen molar-refractivity contribution in [3.8, 4) is 11.1 Å². The summed E-state index contributed by atoms with van der Waals surface area (Å²) in [4.78, 5) is 23.0. The Kier molecular flexibility index (Phi) is 33.6. The number of piperidine rings is 1. The molecule has 1 heterocycles. The molecule has 0 aromatic heterocycles. The van der Waals surface area contributed by atoms with Gasteiger partial charge in [0.1, 0.15) is 6.29 Å². The van der Waals surface area contributed by atoms with Crippen molar-refractivity contribution in [2.75, 3.05) is 25.0 Å². The molecule has 1 saturated heterocycles. The van der Waals surface area contributed by atoms with Crippen LogP contribution >= 0.6 is 0 Å². The molecule has 3 rings (SSSR count). The van der Waals surface area contributed by atoms with E-state index in [9.17, 15) is 9.59 Å². The molecular formula is C31H50N2O2W. The molecule has 1 N–H and O–H groups in total. The number of likely N-dealkylation sites (tertiary alicyclic amines) is 1. The number of para-hydroxylation sites is 1. The smallest absolute Gasteiger partial charge is 0.490 e. The Balaban J connectivity index is -0.000000491. The van der Waals surface area contributed by atoms with Gasteiger partial charge in [0, 0.05) is 6.42 Å². The molecular weight excluding hydrogens is 616 g/mol. The Morgan fingerprint density at radius 1 is 0.833 bits per heavy atom. The number of nitrogens with zero attached hydrogens (tertiary/aromatic N) is 1. The zero-order valence-corrected chi connectivity index (χ0v) is 26.5. The fourth-order valence-electron chi connectivity index (χ4n) is 3.46. The number of anilines is 1. The van der Waals surface area contributed by atoms with E-state index in [-0.39, 0.29) is 21.1 Å². The molecule has 4 nitrogen and oxygen atoms in total. The normalized spacial score (nSPS) is 11.6. The summed E-state index contributed by atoms with van der Waals surface area (Å²) in [6.07, 6.45) is 13.3. The number of amides is 1. The van der Waals surface area contributed by atoms with Crippen molar-refractivity contribution in [2.24, 2.45) is 0 Å². The first kappa shape index (κ1) is 38.8. The number of benzene rings is 2. The third kappa shape index (κ3) is 19.4. The number of unbranched alkanes of at least 4 members (excludes halogenated alkanes) is 4. The monoisotopic (exact) mass is 666 g/mol. The molecule has 2 aromatic carbocycles. The summed E-state index contributed by atoms with van der Waals surface area (Å²) >= 11 is 0. The van der Waals surface area contributed by atoms with Gasteiger partial charge in [-0.25, -0.2) is 0 Å². The van der Waals surface area contributed by atoms with Crippen molar-refractivity contribution in [2.45, 2.75) is 86.5 Å². The first-order valence-corrected chi connectivity index (χ1v) is 13.6. The number of carbonyl (C=O) groups excluding carboxylic acids is 2. The summed E-state index contributed by atoms with van der Waals surface area (Å²) in [6.45, 7) is 15.8. The fourth-order valence-corrected chi connectivity index (χ4v) is 3.46. The summed E-state index contributed by atoms with van der Waals surface area (Å²) in [5.41, 5.74) is 2.86. The van der Waals surface area contributed by atoms with Crippen LogP contribution in [0.2, 0.25) is 0 Å². The van der Waals surface area contributed by atoms with Crippen LogP contribution < -0.4 is 5.32 Å². The summed E-state index contributed by atoms with van der Waals surface area (Å²) in [5, 5.41) is 2.57. The van der Waals surface area contributed by atoms with Crippen LogP contribution in [-0.2, 0) is 30.7 Å². The Morgan fingerprint density at radius 2 is 1.39 bits per heavy atom. The molecule has 1 amide bonds. The van der Waals surface area contributed by atoms with E-state index in [4.69, 9.17) is 0 Å². The van der Waals surface area contributed by atoms with Gasteiger partial charge in [-0.15, -0.1) is 11.8 Å². The van der Waals surface area contributed by atoms with Crippen LogP contribution in [-0.4, -0.2) is 37.2 Å². The molecule has 0 spiro atoms. The van der Waals surface area contributed by atoms with E-state index < -0.39 is 0 Å². The van der Waals surface area contributed by atoms with Crippen LogP contribution in [0.1, 0.15) is 86.5 Å². The molecule has 1 aliphatic heterocycles. The number of nitrogens with one attached hydrogen (secondary N) is 1. The molecule has 5 heteroatoms. The van der Waals surface area contributed by atoms with Crippen molar-refractivity contribution in [1.82, 2.24) is 4.90 Å². The van der Waals surface area contributed by atoms with Gasteiger partial charge in [-0.1, -0.05) is 108 Å². The van der Waals surface area contributed by atoms with E-state index in [1.54, 1.807) is 6.41 Å². The van der Waals surface area contributed by atoms with E-state index in [1.807, 2.05) is 96.1 Å². The summed E-state index contributed by atoms with van der Waals surface area (Å²) in [5.74, 6) is 0. The molecule has 0 bridgehead atoms. The van der Waals surface area contributed by atoms with Crippen LogP contribution in [0.15, 0.2) is 54.6 Å². The first-order valence-electron chi connectivity index (χ1n) is 13.6. The minimum absolute atomic E-state index is 0. The van der Waals surface area contributed by atoms with Gasteiger partial charge in [-0.05, 0) is 38.0 Å². The Labute approximate surface area is 236 Å². The van der Waals surface area contributed by atoms with Crippen LogP contribution in [0.4, 0.5) is 5.69 Å². The quantitative estimate of drug-likeness (QED) is 0.120. The SMILES string of the molecule is CC.CC.CC.O=CCCCCCCN1CC[CH-]CC1.O=[C-]Nc1ccccc1-c1ccccc1.[W+2]. The zero-order valence-electron chi connectivity index (χ0n) is 23.6. The number of hydrogen-bond donors (Lipinski definition) is 1. The van der Waals surface area contributed by atoms with Gasteiger partial charge >= 0.3 is 21.1 Å². The number of hydrogen-bond acceptors (Lipinski definition) is 3. The van der Waals surface area contributed by atoms with Gasteiger partial charge < -0.3 is 26.2 Å². The summed E-state index contributed by atoms with van der Waals surface area (Å²) < 4.78 is 0. The van der Waals surface area contributed by atoms with E-state index in [2.05, 4.69) is 16.6 Å². The van der Waals surface area contributed by atoms with Crippen molar-refractivity contribution < 1.29 is 30.7 Å². The number of carbonyl (C=O) groups is 1. The van der Waals surface area contributed by atoms with Crippen LogP contribution in [0, 0.1) is 6.42 Å². The van der Waals surface area contributed by atoms with E-state index in [0.29, 0.717) is 0 Å². The van der Waals surface area contributed by atoms with E-state index in [1.165, 1.54) is 51.7 Å². The molecule has 0 radical (unpaired) electrons. The molecule has 1 aliphatic rings. The molecule has 0 aliphatic carbocycles. The van der Waals surface area contributed by atoms with Crippen molar-refractivity contribution in [1.29, 1.82) is 0 Å². The summed E-state index contributed by atoms with van der Waals surface area (Å²) in [7, 11) is 0. The third-order valence-corrected chi connectivity index (χ3v) is 5.04. The first-order chi connectivity index (χ1) is 17.3. The maximum Gasteiger partial charge on any atom is 2.00 e. The molecule has 0 unspecified atom stereocenters. The van der Waals surface area contributed by atoms with Crippen molar-refractivity contribution in [3.05, 3.63) is 61.0 Å². The van der Waals surface area contributed by atoms with Gasteiger partial charge in [-0.3, -0.25) is 0 Å². The predicted octanol–water partition coefficient (Wildman–Crippen LogP) is 8.34. The molecule has 2 aromatic rings. The maximum absolute atomic E-state index is 10.3. The Bertz CT molecular complexity index is 705. The number of aldehydes is 1. The predicted molar refractivity (Wildman–Crippen MR) is 154 cm³/mol. The topological polar surface area (TPSA) is 49.4 Å². The standard InChI is InChI=1S/C13H10NO.C12H22NO.3C2H6.W/c15-10-14-13-9-5-4-8-12(13)11-6-2-1-3-7-11;14-12-8-3-1-2-5-9-13-10-6-4-7-11-13;3*1-2;/h1-9H,(H,14,15);4,12H,1-3,5-11H2;3*1-2H3;/q2*-1;;;;+2. The van der Waals surface area contributed by atoms with Gasteiger partial charge in [0.05, 0.1) is 6.41 Å². The average Bonchev–Trinajstić information content (AvgIpc) is 2.96. The van der Waals surface area contributed by atoms with Gasteiger partial charge in [0.25, 0.3) is 0 Å². The molecule has 36 heavy (non-hydrogen) atoms. The summed E-state index contributed by atoms with van der Waals surface area (Å²) in [6, 6.07) is 17.6. The van der Waals surface area contributed by atoms with Gasteiger partial charge in [-0.2, -0.15) is 12.8 Å². The molecule has 1 fully saturated rings. The Morgan fingerprint density at radius 3 is 1.97 bits per heavy atom. The second kappa shape index (κ2) is 31.3. The fraction of sp³-hybridized carbons (Fsp3) is 0.516. The largest absolute Gasteiger partial charge is 2.00 e. The van der Waals surface area contributed by atoms with Gasteiger partial charge in [0.2, 0.25) is 0 Å². The van der Waals surface area contributed by atoms with Crippen LogP contribution in [0.25, 0.3) is 11.1 Å². The van der Waals surface area contributed by atoms with Crippen molar-refractivity contribution in [3.63, 3.8) is 0 Å². The average molecular weight is 667 g/mol. The zero-order chi connectivity index (χ0) is 26.6. The minimum atomic E-state index is 0. The second-order valence-electron chi connectivity index (χ2n) is 7.22. The van der Waals surface area contributed by atoms with Crippen LogP contribution in [0.5, 0.6) is 0 Å². The minimum Gasteiger partial charge on any atom is -0.490 e. The van der Waals surface area contributed by atoms with Crippen LogP contribution in [0.3, 0.4) is 0 Å². The second-order valence-corrected chi connectivity index (χ2v) is 7.22. The van der Waals surface area contributed by atoms with Gasteiger partial charge in [0.15, 0.2) is 0 Å². The van der Waals surface area contributed by atoms with Crippen molar-refractivity contribution >= 4 is 18.4 Å². The molecule has 202 valence electrons. The van der Waals surface area contributed by atoms with E-state index >= 15 is 0 Å². The Hall–Kier alpha value is -1.77. The van der Waals surface area contributed by atoms with E-state index in [0.717, 1.165) is 35.9 Å².